The molecule has 0 aromatic heterocycles. The van der Waals surface area contributed by atoms with Gasteiger partial charge in [0.2, 0.25) is 11.8 Å². The fraction of sp³-hybridized carbons (Fsp3) is 0.440. The van der Waals surface area contributed by atoms with Crippen molar-refractivity contribution in [3.8, 4) is 0 Å². The topological polar surface area (TPSA) is 52.7 Å². The summed E-state index contributed by atoms with van der Waals surface area (Å²) in [6.45, 7) is 6.59. The zero-order chi connectivity index (χ0) is 21.1. The summed E-state index contributed by atoms with van der Waals surface area (Å²) in [6.07, 6.45) is 4.48. The first-order chi connectivity index (χ1) is 14.4. The molecule has 2 aliphatic rings. The number of amides is 2. The monoisotopic (exact) mass is 405 g/mol. The van der Waals surface area contributed by atoms with Gasteiger partial charge in [0.15, 0.2) is 0 Å². The molecule has 1 fully saturated rings. The first kappa shape index (κ1) is 20.6. The Kier molecular flexibility index (Phi) is 5.91. The van der Waals surface area contributed by atoms with Gasteiger partial charge in [0.05, 0.1) is 0 Å². The minimum Gasteiger partial charge on any atom is -0.337 e. The average molecular weight is 406 g/mol. The molecule has 4 rings (SSSR count). The molecular weight excluding hydrogens is 374 g/mol. The first-order valence-corrected chi connectivity index (χ1v) is 10.9. The van der Waals surface area contributed by atoms with Crippen LogP contribution in [0.25, 0.3) is 0 Å². The van der Waals surface area contributed by atoms with Crippen molar-refractivity contribution in [1.82, 2.24) is 9.80 Å². The van der Waals surface area contributed by atoms with Crippen molar-refractivity contribution >= 4 is 17.5 Å². The van der Waals surface area contributed by atoms with Gasteiger partial charge in [0, 0.05) is 44.7 Å². The second-order valence-electron chi connectivity index (χ2n) is 8.80. The highest BCUT2D eigenvalue weighted by Gasteiger charge is 2.42. The third-order valence-corrected chi connectivity index (χ3v) is 6.57. The molecule has 2 amide bonds. The maximum atomic E-state index is 12.5. The number of nitrogens with one attached hydrogen (secondary N) is 1. The van der Waals surface area contributed by atoms with Gasteiger partial charge in [0.1, 0.15) is 0 Å². The standard InChI is InChI=1S/C25H31N3O2/c1-19(29)26-24-11-9-21(10-12-24)16-28-14-6-5-13-25(28)15-22-7-3-4-8-23(22)17-27(18-25)20(2)30/h3-4,7-12H,5-6,13-18H2,1-2H3,(H,26,29). The molecule has 2 aromatic carbocycles. The van der Waals surface area contributed by atoms with E-state index in [4.69, 9.17) is 0 Å². The van der Waals surface area contributed by atoms with Crippen molar-refractivity contribution < 1.29 is 9.59 Å². The van der Waals surface area contributed by atoms with Crippen molar-refractivity contribution in [2.75, 3.05) is 18.4 Å². The SMILES string of the molecule is CC(=O)Nc1ccc(CN2CCCCC23Cc2ccccc2CN(C(C)=O)C3)cc1. The van der Waals surface area contributed by atoms with Gasteiger partial charge in [-0.05, 0) is 54.6 Å². The van der Waals surface area contributed by atoms with Gasteiger partial charge in [-0.15, -0.1) is 0 Å². The van der Waals surface area contributed by atoms with Crippen LogP contribution >= 0.6 is 0 Å². The van der Waals surface area contributed by atoms with E-state index in [-0.39, 0.29) is 17.4 Å². The molecule has 5 nitrogen and oxygen atoms in total. The summed E-state index contributed by atoms with van der Waals surface area (Å²) >= 11 is 0. The minimum atomic E-state index is -0.0563. The highest BCUT2D eigenvalue weighted by molar-refractivity contribution is 5.88. The summed E-state index contributed by atoms with van der Waals surface area (Å²) in [5, 5.41) is 2.83. The van der Waals surface area contributed by atoms with Crippen molar-refractivity contribution in [2.45, 2.75) is 58.2 Å². The highest BCUT2D eigenvalue weighted by Crippen LogP contribution is 2.37. The smallest absolute Gasteiger partial charge is 0.221 e. The molecule has 0 radical (unpaired) electrons. The predicted octanol–water partition coefficient (Wildman–Crippen LogP) is 3.97. The lowest BCUT2D eigenvalue weighted by Gasteiger charge is -2.48. The minimum absolute atomic E-state index is 0.0349. The first-order valence-electron chi connectivity index (χ1n) is 10.9. The van der Waals surface area contributed by atoms with Crippen LogP contribution in [0.15, 0.2) is 48.5 Å². The average Bonchev–Trinajstić information content (AvgIpc) is 2.88. The van der Waals surface area contributed by atoms with Crippen molar-refractivity contribution in [1.29, 1.82) is 0 Å². The molecular formula is C25H31N3O2. The highest BCUT2D eigenvalue weighted by atomic mass is 16.2. The predicted molar refractivity (Wildman–Crippen MR) is 119 cm³/mol. The molecule has 2 aromatic rings. The number of likely N-dealkylation sites (tertiary alicyclic amines) is 1. The summed E-state index contributed by atoms with van der Waals surface area (Å²) < 4.78 is 0. The lowest BCUT2D eigenvalue weighted by atomic mass is 9.80. The molecule has 1 N–H and O–H groups in total. The van der Waals surface area contributed by atoms with Crippen LogP contribution in [0.1, 0.15) is 49.8 Å². The van der Waals surface area contributed by atoms with E-state index in [0.29, 0.717) is 6.54 Å². The van der Waals surface area contributed by atoms with Gasteiger partial charge in [-0.1, -0.05) is 42.8 Å². The van der Waals surface area contributed by atoms with E-state index < -0.39 is 0 Å². The van der Waals surface area contributed by atoms with E-state index >= 15 is 0 Å². The van der Waals surface area contributed by atoms with E-state index in [1.165, 1.54) is 36.5 Å². The molecule has 1 spiro atoms. The van der Waals surface area contributed by atoms with E-state index in [2.05, 4.69) is 46.6 Å². The molecule has 158 valence electrons. The summed E-state index contributed by atoms with van der Waals surface area (Å²) in [6, 6.07) is 16.7. The van der Waals surface area contributed by atoms with Gasteiger partial charge >= 0.3 is 0 Å². The van der Waals surface area contributed by atoms with Crippen LogP contribution in [-0.2, 0) is 29.1 Å². The second-order valence-corrected chi connectivity index (χ2v) is 8.80. The number of nitrogens with zero attached hydrogens (tertiary/aromatic N) is 2. The van der Waals surface area contributed by atoms with Gasteiger partial charge in [0.25, 0.3) is 0 Å². The number of fused-ring (bicyclic) bond motifs is 1. The Morgan fingerprint density at radius 1 is 1.00 bits per heavy atom. The van der Waals surface area contributed by atoms with Gasteiger partial charge < -0.3 is 10.2 Å². The van der Waals surface area contributed by atoms with Crippen LogP contribution < -0.4 is 5.32 Å². The summed E-state index contributed by atoms with van der Waals surface area (Å²) in [5.74, 6) is 0.0930. The van der Waals surface area contributed by atoms with Crippen LogP contribution in [0.4, 0.5) is 5.69 Å². The molecule has 1 atom stereocenters. The van der Waals surface area contributed by atoms with Crippen LogP contribution in [0.3, 0.4) is 0 Å². The molecule has 0 saturated carbocycles. The molecule has 2 heterocycles. The van der Waals surface area contributed by atoms with Crippen molar-refractivity contribution in [3.63, 3.8) is 0 Å². The van der Waals surface area contributed by atoms with Gasteiger partial charge in [-0.25, -0.2) is 0 Å². The number of hydrogen-bond acceptors (Lipinski definition) is 3. The number of benzene rings is 2. The fourth-order valence-corrected chi connectivity index (χ4v) is 5.03. The molecule has 2 aliphatic heterocycles. The molecule has 5 heteroatoms. The van der Waals surface area contributed by atoms with E-state index in [1.54, 1.807) is 6.92 Å². The second kappa shape index (κ2) is 8.60. The van der Waals surface area contributed by atoms with Crippen LogP contribution in [-0.4, -0.2) is 40.2 Å². The third-order valence-electron chi connectivity index (χ3n) is 6.57. The number of carbonyl (C=O) groups excluding carboxylic acids is 2. The summed E-state index contributed by atoms with van der Waals surface area (Å²) in [5.41, 5.74) is 4.67. The Morgan fingerprint density at radius 3 is 2.43 bits per heavy atom. The number of hydrogen-bond donors (Lipinski definition) is 1. The molecule has 1 unspecified atom stereocenters. The van der Waals surface area contributed by atoms with E-state index in [9.17, 15) is 9.59 Å². The Morgan fingerprint density at radius 2 is 1.73 bits per heavy atom. The zero-order valence-corrected chi connectivity index (χ0v) is 18.0. The number of rotatable bonds is 3. The Labute approximate surface area is 179 Å². The number of piperidine rings is 1. The van der Waals surface area contributed by atoms with Crippen LogP contribution in [0.2, 0.25) is 0 Å². The largest absolute Gasteiger partial charge is 0.337 e. The Hall–Kier alpha value is -2.66. The Balaban J connectivity index is 1.62. The Bertz CT molecular complexity index is 924. The number of anilines is 1. The van der Waals surface area contributed by atoms with Crippen molar-refractivity contribution in [3.05, 3.63) is 65.2 Å². The summed E-state index contributed by atoms with van der Waals surface area (Å²) in [7, 11) is 0. The molecule has 0 aliphatic carbocycles. The lowest BCUT2D eigenvalue weighted by Crippen LogP contribution is -2.58. The molecule has 1 saturated heterocycles. The lowest BCUT2D eigenvalue weighted by molar-refractivity contribution is -0.132. The third kappa shape index (κ3) is 4.41. The van der Waals surface area contributed by atoms with Crippen molar-refractivity contribution in [2.24, 2.45) is 0 Å². The maximum Gasteiger partial charge on any atom is 0.221 e. The van der Waals surface area contributed by atoms with E-state index in [0.717, 1.165) is 38.2 Å². The number of carbonyl (C=O) groups is 2. The van der Waals surface area contributed by atoms with Gasteiger partial charge in [-0.3, -0.25) is 14.5 Å². The normalized spacial score (nSPS) is 21.7. The van der Waals surface area contributed by atoms with Crippen LogP contribution in [0.5, 0.6) is 0 Å². The fourth-order valence-electron chi connectivity index (χ4n) is 5.03. The van der Waals surface area contributed by atoms with E-state index in [1.807, 2.05) is 17.0 Å². The quantitative estimate of drug-likeness (QED) is 0.841. The van der Waals surface area contributed by atoms with Crippen LogP contribution in [0, 0.1) is 0 Å². The maximum absolute atomic E-state index is 12.5. The molecule has 0 bridgehead atoms. The molecule has 30 heavy (non-hydrogen) atoms. The zero-order valence-electron chi connectivity index (χ0n) is 18.0. The summed E-state index contributed by atoms with van der Waals surface area (Å²) in [4.78, 5) is 28.4. The van der Waals surface area contributed by atoms with Gasteiger partial charge in [-0.2, -0.15) is 0 Å².